The maximum absolute atomic E-state index is 8.65. The molecule has 0 amide bonds. The summed E-state index contributed by atoms with van der Waals surface area (Å²) in [5.41, 5.74) is 24.5. The number of hydrogen-bond donors (Lipinski definition) is 0. The standard InChI is InChI=1S/C82H54N3.Ir/c1-56-49-81(85-55-78(56)60-31-13-5-14-32-60)64-43-46-70(74(52-64)58-27-9-3-10-28-58)67-36-18-17-35-66(67)62-41-44-72(77-54-65(80-40-22-24-48-84-80)53-75(59-29-11-4-12-30-59)82(77)61-33-15-6-16-34-61)76(50-62)69-38-20-19-37-68(69)71-45-42-63(79-39-21-23-47-83-79)51-73(71)57-25-7-2-8-26-57;/h2-41,44-53,55H,1H3;/q-3;+3/i1D3;. The molecule has 14 rings (SSSR count). The van der Waals surface area contributed by atoms with Crippen LogP contribution in [0.1, 0.15) is 9.68 Å². The van der Waals surface area contributed by atoms with Crippen LogP contribution < -0.4 is 0 Å². The average Bonchev–Trinajstić information content (AvgIpc) is 1.52. The zero-order valence-corrected chi connectivity index (χ0v) is 49.0. The first-order chi connectivity index (χ1) is 43.3. The summed E-state index contributed by atoms with van der Waals surface area (Å²) in [5, 5.41) is 0. The molecule has 4 heteroatoms. The van der Waals surface area contributed by atoms with Gasteiger partial charge in [-0.15, -0.1) is 65.2 Å². The smallest absolute Gasteiger partial charge is 0.305 e. The van der Waals surface area contributed by atoms with Crippen molar-refractivity contribution < 1.29 is 24.2 Å². The monoisotopic (exact) mass is 1280 g/mol. The van der Waals surface area contributed by atoms with Gasteiger partial charge in [-0.1, -0.05) is 310 Å². The molecule has 14 aromatic rings. The van der Waals surface area contributed by atoms with Gasteiger partial charge in [-0.05, 0) is 80.4 Å². The van der Waals surface area contributed by atoms with Gasteiger partial charge in [0.15, 0.2) is 0 Å². The van der Waals surface area contributed by atoms with Crippen molar-refractivity contribution in [3.8, 4) is 145 Å². The van der Waals surface area contributed by atoms with Gasteiger partial charge in [-0.3, -0.25) is 4.98 Å². The molecule has 11 aromatic carbocycles. The Morgan fingerprint density at radius 1 is 0.291 bits per heavy atom. The molecule has 0 atom stereocenters. The second-order valence-corrected chi connectivity index (χ2v) is 20.9. The number of pyridine rings is 3. The van der Waals surface area contributed by atoms with Gasteiger partial charge >= 0.3 is 20.1 Å². The van der Waals surface area contributed by atoms with Crippen LogP contribution in [0.4, 0.5) is 0 Å². The average molecular weight is 1280 g/mol. The molecule has 0 saturated carbocycles. The first kappa shape index (κ1) is 51.2. The minimum Gasteiger partial charge on any atom is -0.305 e. The molecule has 0 radical (unpaired) electrons. The van der Waals surface area contributed by atoms with Crippen molar-refractivity contribution in [1.82, 2.24) is 15.0 Å². The van der Waals surface area contributed by atoms with E-state index in [9.17, 15) is 0 Å². The van der Waals surface area contributed by atoms with Crippen LogP contribution in [0.2, 0.25) is 0 Å². The quantitative estimate of drug-likeness (QED) is 0.108. The molecule has 0 spiro atoms. The summed E-state index contributed by atoms with van der Waals surface area (Å²) < 4.78 is 25.9. The molecule has 3 nitrogen and oxygen atoms in total. The molecular weight excluding hydrogens is 1220 g/mol. The molecule has 3 heterocycles. The molecule has 0 aliphatic rings. The number of aromatic nitrogens is 3. The Kier molecular flexibility index (Phi) is 14.7. The molecule has 0 aliphatic heterocycles. The zero-order chi connectivity index (χ0) is 59.4. The largest absolute Gasteiger partial charge is 3.00 e. The summed E-state index contributed by atoms with van der Waals surface area (Å²) in [6.45, 7) is -2.39. The van der Waals surface area contributed by atoms with Crippen LogP contribution in [-0.2, 0) is 20.1 Å². The number of nitrogens with zero attached hydrogens (tertiary/aromatic N) is 3. The van der Waals surface area contributed by atoms with Gasteiger partial charge in [0.05, 0.1) is 0 Å². The van der Waals surface area contributed by atoms with Crippen LogP contribution in [0.3, 0.4) is 0 Å². The van der Waals surface area contributed by atoms with E-state index in [1.165, 1.54) is 0 Å². The van der Waals surface area contributed by atoms with Crippen LogP contribution >= 0.6 is 0 Å². The van der Waals surface area contributed by atoms with Gasteiger partial charge in [0.2, 0.25) is 0 Å². The predicted octanol–water partition coefficient (Wildman–Crippen LogP) is 21.2. The third-order valence-corrected chi connectivity index (χ3v) is 15.8. The fourth-order valence-electron chi connectivity index (χ4n) is 11.7. The van der Waals surface area contributed by atoms with E-state index >= 15 is 0 Å². The van der Waals surface area contributed by atoms with Gasteiger partial charge in [0.25, 0.3) is 0 Å². The van der Waals surface area contributed by atoms with Gasteiger partial charge < -0.3 is 9.97 Å². The maximum atomic E-state index is 8.65. The Hall–Kier alpha value is -10.5. The van der Waals surface area contributed by atoms with Crippen LogP contribution in [0.15, 0.2) is 310 Å². The first-order valence-electron chi connectivity index (χ1n) is 30.0. The number of aryl methyl sites for hydroxylation is 1. The molecule has 0 unspecified atom stereocenters. The first-order valence-corrected chi connectivity index (χ1v) is 28.5. The molecule has 0 aliphatic carbocycles. The minimum atomic E-state index is -2.39. The molecule has 0 fully saturated rings. The van der Waals surface area contributed by atoms with Crippen LogP contribution in [0.25, 0.3) is 145 Å². The third kappa shape index (κ3) is 11.0. The Balaban J connectivity index is 0.00000729. The van der Waals surface area contributed by atoms with Gasteiger partial charge in [0.1, 0.15) is 0 Å². The molecule has 406 valence electrons. The van der Waals surface area contributed by atoms with Crippen molar-refractivity contribution in [2.45, 2.75) is 6.85 Å². The Labute approximate surface area is 521 Å². The van der Waals surface area contributed by atoms with Gasteiger partial charge in [-0.25, -0.2) is 0 Å². The number of rotatable bonds is 13. The van der Waals surface area contributed by atoms with Crippen LogP contribution in [0, 0.1) is 25.1 Å². The maximum Gasteiger partial charge on any atom is 3.00 e. The summed E-state index contributed by atoms with van der Waals surface area (Å²) >= 11 is 0. The fraction of sp³-hybridized carbons (Fsp3) is 0.0122. The van der Waals surface area contributed by atoms with Gasteiger partial charge in [0, 0.05) is 34.0 Å². The van der Waals surface area contributed by atoms with Crippen molar-refractivity contribution in [3.05, 3.63) is 334 Å². The summed E-state index contributed by atoms with van der Waals surface area (Å²) in [5.74, 6) is 0. The summed E-state index contributed by atoms with van der Waals surface area (Å²) in [6, 6.07) is 112. The van der Waals surface area contributed by atoms with E-state index in [0.717, 1.165) is 128 Å². The predicted molar refractivity (Wildman–Crippen MR) is 352 cm³/mol. The molecule has 0 bridgehead atoms. The summed E-state index contributed by atoms with van der Waals surface area (Å²) in [4.78, 5) is 14.6. The van der Waals surface area contributed by atoms with E-state index in [1.54, 1.807) is 12.3 Å². The van der Waals surface area contributed by atoms with Crippen molar-refractivity contribution in [3.63, 3.8) is 0 Å². The Morgan fingerprint density at radius 3 is 1.24 bits per heavy atom. The van der Waals surface area contributed by atoms with E-state index in [2.05, 4.69) is 218 Å². The zero-order valence-electron chi connectivity index (χ0n) is 49.6. The topological polar surface area (TPSA) is 38.7 Å². The number of benzene rings is 11. The van der Waals surface area contributed by atoms with Crippen molar-refractivity contribution in [1.29, 1.82) is 0 Å². The molecule has 0 N–H and O–H groups in total. The van der Waals surface area contributed by atoms with Crippen LogP contribution in [-0.4, -0.2) is 15.0 Å². The fourth-order valence-corrected chi connectivity index (χ4v) is 11.7. The Morgan fingerprint density at radius 2 is 0.721 bits per heavy atom. The van der Waals surface area contributed by atoms with E-state index in [-0.39, 0.29) is 25.7 Å². The molecular formula is C82H54IrN3. The third-order valence-electron chi connectivity index (χ3n) is 15.8. The van der Waals surface area contributed by atoms with Crippen LogP contribution in [0.5, 0.6) is 0 Å². The number of hydrogen-bond acceptors (Lipinski definition) is 3. The van der Waals surface area contributed by atoms with E-state index in [0.29, 0.717) is 16.8 Å². The SMILES string of the molecule is [2H]C([2H])([2H])c1cc(-c2[c-]cc(-c3ccccc3-c3ccc(-c4[c-]c(-c5ccccn5)cc(-c5ccccc5)c4-c4ccccc4)c(-c4ccccc4-c4c[c-]c(-c5ccccn5)cc4-c4ccccc4)c3)c(-c3ccccc3)c2)ncc1-c1ccccc1.[Ir+3]. The van der Waals surface area contributed by atoms with E-state index < -0.39 is 6.85 Å². The molecule has 86 heavy (non-hydrogen) atoms. The van der Waals surface area contributed by atoms with Crippen molar-refractivity contribution in [2.75, 3.05) is 0 Å². The van der Waals surface area contributed by atoms with E-state index in [1.807, 2.05) is 97.3 Å². The van der Waals surface area contributed by atoms with Gasteiger partial charge in [-0.2, -0.15) is 0 Å². The minimum absolute atomic E-state index is 0. The second-order valence-electron chi connectivity index (χ2n) is 20.9. The summed E-state index contributed by atoms with van der Waals surface area (Å²) in [7, 11) is 0. The Bertz CT molecular complexity index is 4790. The van der Waals surface area contributed by atoms with Crippen molar-refractivity contribution >= 4 is 0 Å². The van der Waals surface area contributed by atoms with Crippen molar-refractivity contribution in [2.24, 2.45) is 0 Å². The molecule has 0 saturated heterocycles. The molecule has 3 aromatic heterocycles. The normalized spacial score (nSPS) is 11.7. The second kappa shape index (κ2) is 24.8. The van der Waals surface area contributed by atoms with E-state index in [4.69, 9.17) is 19.1 Å². The summed E-state index contributed by atoms with van der Waals surface area (Å²) in [6.07, 6.45) is 5.35.